The maximum atomic E-state index is 12.9. The summed E-state index contributed by atoms with van der Waals surface area (Å²) < 4.78 is 0. The Bertz CT molecular complexity index is 894. The zero-order valence-electron chi connectivity index (χ0n) is 14.1. The molecule has 0 saturated heterocycles. The minimum Gasteiger partial charge on any atom is -0.283 e. The number of nitrogens with zero attached hydrogens (tertiary/aromatic N) is 3. The quantitative estimate of drug-likeness (QED) is 0.617. The lowest BCUT2D eigenvalue weighted by atomic mass is 10.1. The number of amides is 1. The summed E-state index contributed by atoms with van der Waals surface area (Å²) in [6.45, 7) is 4.62. The highest BCUT2D eigenvalue weighted by molar-refractivity contribution is 7.18. The van der Waals surface area contributed by atoms with Crippen molar-refractivity contribution in [3.63, 3.8) is 0 Å². The van der Waals surface area contributed by atoms with E-state index in [4.69, 9.17) is 11.6 Å². The number of rotatable bonds is 5. The molecule has 0 N–H and O–H groups in total. The van der Waals surface area contributed by atoms with Crippen molar-refractivity contribution in [1.29, 1.82) is 0 Å². The zero-order valence-corrected chi connectivity index (χ0v) is 15.6. The second-order valence-corrected chi connectivity index (χ2v) is 7.06. The minimum atomic E-state index is -0.153. The molecule has 0 aliphatic rings. The summed E-state index contributed by atoms with van der Waals surface area (Å²) in [7, 11) is 0. The highest BCUT2D eigenvalue weighted by atomic mass is 35.5. The van der Waals surface area contributed by atoms with Gasteiger partial charge >= 0.3 is 0 Å². The molecule has 0 spiro atoms. The largest absolute Gasteiger partial charge is 0.283 e. The van der Waals surface area contributed by atoms with Gasteiger partial charge in [-0.15, -0.1) is 10.2 Å². The molecule has 4 nitrogen and oxygen atoms in total. The van der Waals surface area contributed by atoms with Crippen LogP contribution in [-0.4, -0.2) is 22.6 Å². The maximum absolute atomic E-state index is 12.9. The van der Waals surface area contributed by atoms with Gasteiger partial charge in [-0.2, -0.15) is 0 Å². The Morgan fingerprint density at radius 3 is 2.68 bits per heavy atom. The van der Waals surface area contributed by atoms with E-state index in [1.165, 1.54) is 11.3 Å². The van der Waals surface area contributed by atoms with Gasteiger partial charge < -0.3 is 0 Å². The SMILES string of the molecule is CCCN(C(=O)c1ccccc1Cl)c1nnc(-c2cccc(C)c2)s1. The first-order valence-corrected chi connectivity index (χ1v) is 9.26. The van der Waals surface area contributed by atoms with E-state index in [9.17, 15) is 4.79 Å². The Morgan fingerprint density at radius 1 is 1.16 bits per heavy atom. The molecule has 2 aromatic carbocycles. The van der Waals surface area contributed by atoms with Crippen molar-refractivity contribution in [3.8, 4) is 10.6 Å². The van der Waals surface area contributed by atoms with Gasteiger partial charge in [0.1, 0.15) is 5.01 Å². The summed E-state index contributed by atoms with van der Waals surface area (Å²) in [5, 5.41) is 10.3. The summed E-state index contributed by atoms with van der Waals surface area (Å²) in [5.74, 6) is -0.153. The minimum absolute atomic E-state index is 0.153. The molecule has 3 rings (SSSR count). The molecule has 3 aromatic rings. The van der Waals surface area contributed by atoms with Crippen molar-refractivity contribution in [2.75, 3.05) is 11.4 Å². The van der Waals surface area contributed by atoms with E-state index < -0.39 is 0 Å². The first kappa shape index (κ1) is 17.6. The highest BCUT2D eigenvalue weighted by Crippen LogP contribution is 2.30. The van der Waals surface area contributed by atoms with Crippen LogP contribution in [0.5, 0.6) is 0 Å². The molecule has 0 atom stereocenters. The van der Waals surface area contributed by atoms with E-state index in [0.717, 1.165) is 22.6 Å². The van der Waals surface area contributed by atoms with E-state index in [1.54, 1.807) is 17.0 Å². The number of hydrogen-bond acceptors (Lipinski definition) is 4. The first-order valence-electron chi connectivity index (χ1n) is 8.07. The summed E-state index contributed by atoms with van der Waals surface area (Å²) >= 11 is 7.60. The van der Waals surface area contributed by atoms with Crippen LogP contribution in [0, 0.1) is 6.92 Å². The Balaban J connectivity index is 1.94. The molecule has 0 saturated carbocycles. The summed E-state index contributed by atoms with van der Waals surface area (Å²) in [4.78, 5) is 14.6. The van der Waals surface area contributed by atoms with Crippen molar-refractivity contribution in [2.24, 2.45) is 0 Å². The lowest BCUT2D eigenvalue weighted by Gasteiger charge is -2.19. The fraction of sp³-hybridized carbons (Fsp3) is 0.211. The molecule has 0 bridgehead atoms. The van der Waals surface area contributed by atoms with Crippen LogP contribution < -0.4 is 4.90 Å². The number of carbonyl (C=O) groups excluding carboxylic acids is 1. The second kappa shape index (κ2) is 7.76. The standard InChI is InChI=1S/C19H18ClN3OS/c1-3-11-23(18(24)15-9-4-5-10-16(15)20)19-22-21-17(25-19)14-8-6-7-13(2)12-14/h4-10,12H,3,11H2,1-2H3. The maximum Gasteiger partial charge on any atom is 0.261 e. The van der Waals surface area contributed by atoms with Gasteiger partial charge in [-0.1, -0.05) is 65.8 Å². The number of aromatic nitrogens is 2. The summed E-state index contributed by atoms with van der Waals surface area (Å²) in [6, 6.07) is 15.2. The number of benzene rings is 2. The number of aryl methyl sites for hydroxylation is 1. The topological polar surface area (TPSA) is 46.1 Å². The zero-order chi connectivity index (χ0) is 17.8. The molecule has 0 fully saturated rings. The third-order valence-corrected chi connectivity index (χ3v) is 5.03. The monoisotopic (exact) mass is 371 g/mol. The van der Waals surface area contributed by atoms with Crippen LogP contribution in [0.1, 0.15) is 29.3 Å². The smallest absolute Gasteiger partial charge is 0.261 e. The second-order valence-electron chi connectivity index (χ2n) is 5.70. The Labute approximate surface area is 156 Å². The average Bonchev–Trinajstić information content (AvgIpc) is 3.09. The number of halogens is 1. The predicted molar refractivity (Wildman–Crippen MR) is 104 cm³/mol. The Hall–Kier alpha value is -2.24. The van der Waals surface area contributed by atoms with Gasteiger partial charge in [0.05, 0.1) is 10.6 Å². The number of hydrogen-bond donors (Lipinski definition) is 0. The van der Waals surface area contributed by atoms with Crippen molar-refractivity contribution >= 4 is 34.0 Å². The fourth-order valence-electron chi connectivity index (χ4n) is 2.51. The predicted octanol–water partition coefficient (Wildman–Crippen LogP) is 5.22. The lowest BCUT2D eigenvalue weighted by Crippen LogP contribution is -2.31. The van der Waals surface area contributed by atoms with Gasteiger partial charge in [0.2, 0.25) is 5.13 Å². The van der Waals surface area contributed by atoms with Gasteiger partial charge in [-0.25, -0.2) is 0 Å². The van der Waals surface area contributed by atoms with E-state index in [2.05, 4.69) is 16.3 Å². The normalized spacial score (nSPS) is 10.7. The van der Waals surface area contributed by atoms with Gasteiger partial charge in [-0.05, 0) is 31.5 Å². The Morgan fingerprint density at radius 2 is 1.96 bits per heavy atom. The average molecular weight is 372 g/mol. The molecule has 128 valence electrons. The van der Waals surface area contributed by atoms with Crippen molar-refractivity contribution in [1.82, 2.24) is 10.2 Å². The van der Waals surface area contributed by atoms with E-state index in [0.29, 0.717) is 22.3 Å². The molecule has 25 heavy (non-hydrogen) atoms. The van der Waals surface area contributed by atoms with Crippen LogP contribution in [0.3, 0.4) is 0 Å². The van der Waals surface area contributed by atoms with Gasteiger partial charge in [0, 0.05) is 12.1 Å². The number of carbonyl (C=O) groups is 1. The molecule has 0 radical (unpaired) electrons. The van der Waals surface area contributed by atoms with Crippen molar-refractivity contribution < 1.29 is 4.79 Å². The Kier molecular flexibility index (Phi) is 5.46. The molecular weight excluding hydrogens is 354 g/mol. The van der Waals surface area contributed by atoms with E-state index in [-0.39, 0.29) is 5.91 Å². The fourth-order valence-corrected chi connectivity index (χ4v) is 3.59. The lowest BCUT2D eigenvalue weighted by molar-refractivity contribution is 0.0987. The first-order chi connectivity index (χ1) is 12.1. The molecule has 1 amide bonds. The van der Waals surface area contributed by atoms with Crippen LogP contribution in [-0.2, 0) is 0 Å². The van der Waals surface area contributed by atoms with Crippen LogP contribution in [0.2, 0.25) is 5.02 Å². The molecular formula is C19H18ClN3OS. The highest BCUT2D eigenvalue weighted by Gasteiger charge is 2.22. The third-order valence-electron chi connectivity index (χ3n) is 3.71. The molecule has 0 aliphatic heterocycles. The molecule has 6 heteroatoms. The van der Waals surface area contributed by atoms with Gasteiger partial charge in [-0.3, -0.25) is 9.69 Å². The van der Waals surface area contributed by atoms with E-state index in [1.807, 2.05) is 44.2 Å². The summed E-state index contributed by atoms with van der Waals surface area (Å²) in [5.41, 5.74) is 2.64. The summed E-state index contributed by atoms with van der Waals surface area (Å²) in [6.07, 6.45) is 0.815. The van der Waals surface area contributed by atoms with Crippen LogP contribution in [0.15, 0.2) is 48.5 Å². The molecule has 1 heterocycles. The van der Waals surface area contributed by atoms with E-state index >= 15 is 0 Å². The third kappa shape index (κ3) is 3.89. The van der Waals surface area contributed by atoms with Crippen LogP contribution >= 0.6 is 22.9 Å². The van der Waals surface area contributed by atoms with Crippen LogP contribution in [0.4, 0.5) is 5.13 Å². The molecule has 0 aliphatic carbocycles. The van der Waals surface area contributed by atoms with Gasteiger partial charge in [0.25, 0.3) is 5.91 Å². The molecule has 1 aromatic heterocycles. The molecule has 0 unspecified atom stereocenters. The number of anilines is 1. The van der Waals surface area contributed by atoms with Crippen molar-refractivity contribution in [2.45, 2.75) is 20.3 Å². The van der Waals surface area contributed by atoms with Crippen LogP contribution in [0.25, 0.3) is 10.6 Å². The van der Waals surface area contributed by atoms with Crippen molar-refractivity contribution in [3.05, 3.63) is 64.7 Å². The van der Waals surface area contributed by atoms with Gasteiger partial charge in [0.15, 0.2) is 0 Å².